The lowest BCUT2D eigenvalue weighted by molar-refractivity contribution is -0.116. The summed E-state index contributed by atoms with van der Waals surface area (Å²) in [5.74, 6) is 0.617. The smallest absolute Gasteiger partial charge is 0.225 e. The highest BCUT2D eigenvalue weighted by molar-refractivity contribution is 7.99. The number of anilines is 1. The van der Waals surface area contributed by atoms with Gasteiger partial charge in [-0.3, -0.25) is 4.79 Å². The number of thiophene rings is 1. The van der Waals surface area contributed by atoms with Crippen LogP contribution in [0.5, 0.6) is 0 Å². The largest absolute Gasteiger partial charge is 0.317 e. The maximum atomic E-state index is 13.0. The Labute approximate surface area is 204 Å². The van der Waals surface area contributed by atoms with Crippen LogP contribution in [-0.4, -0.2) is 35.1 Å². The third kappa shape index (κ3) is 5.14. The first-order valence-electron chi connectivity index (χ1n) is 10.9. The van der Waals surface area contributed by atoms with Crippen LogP contribution in [0.4, 0.5) is 9.39 Å². The molecule has 1 amide bonds. The van der Waals surface area contributed by atoms with Crippen LogP contribution in [-0.2, 0) is 17.8 Å². The van der Waals surface area contributed by atoms with Crippen LogP contribution in [0.3, 0.4) is 0 Å². The highest BCUT2D eigenvalue weighted by Gasteiger charge is 2.26. The molecule has 1 aliphatic heterocycles. The van der Waals surface area contributed by atoms with E-state index in [0.29, 0.717) is 6.42 Å². The molecule has 2 aromatic heterocycles. The monoisotopic (exact) mass is 497 g/mol. The van der Waals surface area contributed by atoms with Crippen molar-refractivity contribution < 1.29 is 9.18 Å². The van der Waals surface area contributed by atoms with Gasteiger partial charge in [-0.05, 0) is 67.6 Å². The second-order valence-corrected chi connectivity index (χ2v) is 11.4. The van der Waals surface area contributed by atoms with E-state index >= 15 is 0 Å². The van der Waals surface area contributed by atoms with Crippen LogP contribution in [0.15, 0.2) is 53.4 Å². The number of aromatic nitrogens is 1. The second-order valence-electron chi connectivity index (χ2n) is 8.14. The molecule has 3 heterocycles. The molecule has 0 spiro atoms. The van der Waals surface area contributed by atoms with Gasteiger partial charge in [0.1, 0.15) is 15.8 Å². The third-order valence-electron chi connectivity index (χ3n) is 5.64. The quantitative estimate of drug-likeness (QED) is 0.229. The number of hydrogen-bond acceptors (Lipinski definition) is 6. The Kier molecular flexibility index (Phi) is 6.78. The maximum Gasteiger partial charge on any atom is 0.225 e. The fraction of sp³-hybridized carbons (Fsp3) is 0.280. The fourth-order valence-corrected chi connectivity index (χ4v) is 7.27. The molecule has 170 valence electrons. The van der Waals surface area contributed by atoms with Crippen LogP contribution in [0.2, 0.25) is 0 Å². The van der Waals surface area contributed by atoms with Crippen molar-refractivity contribution >= 4 is 55.6 Å². The van der Waals surface area contributed by atoms with Gasteiger partial charge >= 0.3 is 0 Å². The number of nitrogens with one attached hydrogen (secondary N) is 1. The number of halogens is 1. The van der Waals surface area contributed by atoms with Crippen LogP contribution >= 0.6 is 34.4 Å². The summed E-state index contributed by atoms with van der Waals surface area (Å²) in [5.41, 5.74) is 3.44. The van der Waals surface area contributed by atoms with Crippen molar-refractivity contribution in [3.05, 3.63) is 64.8 Å². The van der Waals surface area contributed by atoms with E-state index in [0.717, 1.165) is 62.4 Å². The zero-order valence-corrected chi connectivity index (χ0v) is 20.7. The molecule has 33 heavy (non-hydrogen) atoms. The first kappa shape index (κ1) is 22.5. The van der Waals surface area contributed by atoms with Crippen LogP contribution < -0.4 is 5.32 Å². The highest BCUT2D eigenvalue weighted by atomic mass is 32.2. The van der Waals surface area contributed by atoms with Crippen LogP contribution in [0.1, 0.15) is 23.3 Å². The van der Waals surface area contributed by atoms with E-state index in [2.05, 4.69) is 23.3 Å². The Hall–Kier alpha value is -2.26. The number of fused-ring (bicyclic) bond motifs is 2. The minimum Gasteiger partial charge on any atom is -0.317 e. The number of thiazole rings is 1. The number of benzene rings is 2. The second kappa shape index (κ2) is 9.93. The van der Waals surface area contributed by atoms with Gasteiger partial charge in [-0.2, -0.15) is 0 Å². The summed E-state index contributed by atoms with van der Waals surface area (Å²) in [6.45, 7) is 1.91. The summed E-state index contributed by atoms with van der Waals surface area (Å²) in [4.78, 5) is 22.4. The van der Waals surface area contributed by atoms with Gasteiger partial charge in [-0.15, -0.1) is 34.4 Å². The first-order chi connectivity index (χ1) is 16.1. The van der Waals surface area contributed by atoms with E-state index in [4.69, 9.17) is 4.98 Å². The molecule has 0 fully saturated rings. The molecule has 4 aromatic rings. The molecule has 0 atom stereocenters. The van der Waals surface area contributed by atoms with Gasteiger partial charge in [-0.1, -0.05) is 12.1 Å². The lowest BCUT2D eigenvalue weighted by atomic mass is 10.0. The minimum atomic E-state index is -0.229. The van der Waals surface area contributed by atoms with E-state index in [1.54, 1.807) is 46.6 Å². The number of para-hydroxylation sites is 1. The Morgan fingerprint density at radius 1 is 1.18 bits per heavy atom. The minimum absolute atomic E-state index is 0.0315. The predicted molar refractivity (Wildman–Crippen MR) is 138 cm³/mol. The van der Waals surface area contributed by atoms with Gasteiger partial charge in [-0.25, -0.2) is 9.37 Å². The SMILES string of the molecule is CN1CCc2c(sc(NC(=O)CCCSc3ccc(F)cc3)c2-c2nc3ccccc3s2)C1. The molecule has 0 aliphatic carbocycles. The van der Waals surface area contributed by atoms with Gasteiger partial charge in [0.25, 0.3) is 0 Å². The van der Waals surface area contributed by atoms with Crippen molar-refractivity contribution in [3.63, 3.8) is 0 Å². The summed E-state index contributed by atoms with van der Waals surface area (Å²) in [5, 5.41) is 5.11. The van der Waals surface area contributed by atoms with Gasteiger partial charge in [0.2, 0.25) is 5.91 Å². The van der Waals surface area contributed by atoms with Crippen molar-refractivity contribution in [2.75, 3.05) is 24.7 Å². The van der Waals surface area contributed by atoms with Crippen molar-refractivity contribution in [3.8, 4) is 10.6 Å². The Morgan fingerprint density at radius 3 is 2.82 bits per heavy atom. The van der Waals surface area contributed by atoms with Gasteiger partial charge in [0, 0.05) is 34.8 Å². The van der Waals surface area contributed by atoms with Crippen molar-refractivity contribution in [1.29, 1.82) is 0 Å². The standard InChI is InChI=1S/C25H24FN3OS3/c1-29-13-12-18-21(15-29)33-25(23(18)24-27-19-5-2-3-6-20(19)32-24)28-22(30)7-4-14-31-17-10-8-16(26)9-11-17/h2-3,5-6,8-11H,4,7,12-15H2,1H3,(H,28,30). The highest BCUT2D eigenvalue weighted by Crippen LogP contribution is 2.45. The molecule has 0 saturated heterocycles. The molecule has 4 nitrogen and oxygen atoms in total. The number of carbonyl (C=O) groups is 1. The van der Waals surface area contributed by atoms with Crippen molar-refractivity contribution in [2.45, 2.75) is 30.7 Å². The Morgan fingerprint density at radius 2 is 2.00 bits per heavy atom. The normalized spacial score (nSPS) is 13.9. The van der Waals surface area contributed by atoms with Crippen LogP contribution in [0.25, 0.3) is 20.8 Å². The average molecular weight is 498 g/mol. The van der Waals surface area contributed by atoms with Gasteiger partial charge in [0.05, 0.1) is 10.2 Å². The molecule has 1 N–H and O–H groups in total. The van der Waals surface area contributed by atoms with Crippen molar-refractivity contribution in [2.24, 2.45) is 0 Å². The van der Waals surface area contributed by atoms with E-state index in [1.807, 2.05) is 18.2 Å². The summed E-state index contributed by atoms with van der Waals surface area (Å²) >= 11 is 5.02. The van der Waals surface area contributed by atoms with E-state index in [9.17, 15) is 9.18 Å². The van der Waals surface area contributed by atoms with Crippen molar-refractivity contribution in [1.82, 2.24) is 9.88 Å². The molecular formula is C25H24FN3OS3. The number of nitrogens with zero attached hydrogens (tertiary/aromatic N) is 2. The first-order valence-corrected chi connectivity index (χ1v) is 13.6. The zero-order chi connectivity index (χ0) is 22.8. The number of carbonyl (C=O) groups excluding carboxylic acids is 1. The third-order valence-corrected chi connectivity index (χ3v) is 8.92. The maximum absolute atomic E-state index is 13.0. The molecule has 0 saturated carbocycles. The Bertz CT molecular complexity index is 1250. The Balaban J connectivity index is 1.31. The lowest BCUT2D eigenvalue weighted by Crippen LogP contribution is -2.25. The van der Waals surface area contributed by atoms with Gasteiger partial charge in [0.15, 0.2) is 0 Å². The predicted octanol–water partition coefficient (Wildman–Crippen LogP) is 6.66. The zero-order valence-electron chi connectivity index (χ0n) is 18.3. The summed E-state index contributed by atoms with van der Waals surface area (Å²) in [7, 11) is 2.14. The van der Waals surface area contributed by atoms with E-state index in [1.165, 1.54) is 22.6 Å². The fourth-order valence-electron chi connectivity index (χ4n) is 3.97. The number of amides is 1. The molecule has 0 unspecified atom stereocenters. The molecule has 5 rings (SSSR count). The lowest BCUT2D eigenvalue weighted by Gasteiger charge is -2.22. The summed E-state index contributed by atoms with van der Waals surface area (Å²) in [6, 6.07) is 14.7. The molecule has 8 heteroatoms. The number of rotatable bonds is 7. The molecule has 0 radical (unpaired) electrons. The summed E-state index contributed by atoms with van der Waals surface area (Å²) in [6.07, 6.45) is 2.19. The number of hydrogen-bond donors (Lipinski definition) is 1. The van der Waals surface area contributed by atoms with Crippen LogP contribution in [0, 0.1) is 5.82 Å². The number of likely N-dealkylation sites (N-methyl/N-ethyl adjacent to an activating group) is 1. The average Bonchev–Trinajstić information content (AvgIpc) is 3.38. The summed E-state index contributed by atoms with van der Waals surface area (Å²) < 4.78 is 14.2. The molecule has 0 bridgehead atoms. The van der Waals surface area contributed by atoms with E-state index in [-0.39, 0.29) is 11.7 Å². The van der Waals surface area contributed by atoms with Gasteiger partial charge < -0.3 is 10.2 Å². The van der Waals surface area contributed by atoms with E-state index < -0.39 is 0 Å². The topological polar surface area (TPSA) is 45.2 Å². The number of thioether (sulfide) groups is 1. The molecule has 1 aliphatic rings. The molecule has 2 aromatic carbocycles. The molecular weight excluding hydrogens is 473 g/mol.